The second kappa shape index (κ2) is 9.22. The average Bonchev–Trinajstić information content (AvgIpc) is 3.32. The van der Waals surface area contributed by atoms with E-state index in [-0.39, 0.29) is 0 Å². The van der Waals surface area contributed by atoms with E-state index in [0.717, 1.165) is 35.4 Å². The Kier molecular flexibility index (Phi) is 5.75. The van der Waals surface area contributed by atoms with Crippen molar-refractivity contribution in [2.45, 2.75) is 0 Å². The van der Waals surface area contributed by atoms with Crippen molar-refractivity contribution in [2.24, 2.45) is 0 Å². The van der Waals surface area contributed by atoms with Crippen molar-refractivity contribution in [2.75, 3.05) is 38.3 Å². The predicted octanol–water partition coefficient (Wildman–Crippen LogP) is 4.91. The van der Waals surface area contributed by atoms with Crippen LogP contribution in [-0.2, 0) is 9.47 Å². The highest BCUT2D eigenvalue weighted by atomic mass is 35.5. The van der Waals surface area contributed by atoms with Crippen LogP contribution < -0.4 is 4.90 Å². The monoisotopic (exact) mass is 499 g/mol. The second-order valence-corrected chi connectivity index (χ2v) is 8.81. The summed E-state index contributed by atoms with van der Waals surface area (Å²) in [5, 5.41) is 1.42. The fourth-order valence-electron chi connectivity index (χ4n) is 4.66. The maximum Gasteiger partial charge on any atom is 0.340 e. The highest BCUT2D eigenvalue weighted by molar-refractivity contribution is 6.35. The standard InChI is InChI=1S/C27H22ClN5O3/c1-35-27(34)19-15-17(32-11-13-36-14-12-32)16-23-25(19)31-26(21-7-2-3-9-29-21)33(23)22-8-10-30-24-18(22)5-4-6-20(24)28/h2-10,15-16H,11-14H2,1H3. The third-order valence-corrected chi connectivity index (χ3v) is 6.67. The summed E-state index contributed by atoms with van der Waals surface area (Å²) >= 11 is 6.50. The number of esters is 1. The highest BCUT2D eigenvalue weighted by Crippen LogP contribution is 2.36. The Labute approximate surface area is 212 Å². The molecule has 4 heterocycles. The summed E-state index contributed by atoms with van der Waals surface area (Å²) < 4.78 is 12.7. The SMILES string of the molecule is COC(=O)c1cc(N2CCOCC2)cc2c1nc(-c1ccccn1)n2-c1ccnc2c(Cl)cccc12. The average molecular weight is 500 g/mol. The van der Waals surface area contributed by atoms with Crippen molar-refractivity contribution in [3.63, 3.8) is 0 Å². The molecule has 0 atom stereocenters. The lowest BCUT2D eigenvalue weighted by molar-refractivity contribution is 0.0603. The number of ether oxygens (including phenoxy) is 2. The number of nitrogens with zero attached hydrogens (tertiary/aromatic N) is 5. The minimum absolute atomic E-state index is 0.392. The molecule has 0 radical (unpaired) electrons. The van der Waals surface area contributed by atoms with E-state index >= 15 is 0 Å². The number of methoxy groups -OCH3 is 1. The van der Waals surface area contributed by atoms with E-state index in [9.17, 15) is 4.79 Å². The van der Waals surface area contributed by atoms with Crippen LogP contribution in [0.3, 0.4) is 0 Å². The van der Waals surface area contributed by atoms with E-state index < -0.39 is 5.97 Å². The number of hydrogen-bond acceptors (Lipinski definition) is 7. The van der Waals surface area contributed by atoms with Crippen LogP contribution in [0.15, 0.2) is 67.0 Å². The summed E-state index contributed by atoms with van der Waals surface area (Å²) in [6, 6.07) is 17.2. The lowest BCUT2D eigenvalue weighted by atomic mass is 10.1. The maximum atomic E-state index is 13.0. The minimum Gasteiger partial charge on any atom is -0.465 e. The first-order valence-electron chi connectivity index (χ1n) is 11.6. The largest absolute Gasteiger partial charge is 0.465 e. The fraction of sp³-hybridized carbons (Fsp3) is 0.185. The Morgan fingerprint density at radius 3 is 2.64 bits per heavy atom. The zero-order valence-electron chi connectivity index (χ0n) is 19.5. The van der Waals surface area contributed by atoms with Crippen LogP contribution in [0.1, 0.15) is 10.4 Å². The van der Waals surface area contributed by atoms with E-state index in [1.165, 1.54) is 7.11 Å². The molecule has 0 N–H and O–H groups in total. The lowest BCUT2D eigenvalue weighted by Gasteiger charge is -2.29. The van der Waals surface area contributed by atoms with E-state index in [0.29, 0.717) is 46.4 Å². The lowest BCUT2D eigenvalue weighted by Crippen LogP contribution is -2.36. The number of fused-ring (bicyclic) bond motifs is 2. The van der Waals surface area contributed by atoms with Crippen molar-refractivity contribution in [3.05, 3.63) is 77.6 Å². The zero-order chi connectivity index (χ0) is 24.6. The van der Waals surface area contributed by atoms with Gasteiger partial charge in [0.05, 0.1) is 47.6 Å². The number of para-hydroxylation sites is 1. The number of benzene rings is 2. The van der Waals surface area contributed by atoms with Gasteiger partial charge >= 0.3 is 5.97 Å². The van der Waals surface area contributed by atoms with Crippen LogP contribution in [0.2, 0.25) is 5.02 Å². The molecule has 0 aliphatic carbocycles. The predicted molar refractivity (Wildman–Crippen MR) is 139 cm³/mol. The van der Waals surface area contributed by atoms with Crippen molar-refractivity contribution in [1.29, 1.82) is 0 Å². The van der Waals surface area contributed by atoms with Gasteiger partial charge in [-0.1, -0.05) is 29.8 Å². The Morgan fingerprint density at radius 1 is 1.00 bits per heavy atom. The van der Waals surface area contributed by atoms with Gasteiger partial charge in [0.1, 0.15) is 11.2 Å². The van der Waals surface area contributed by atoms with Gasteiger partial charge < -0.3 is 14.4 Å². The number of carbonyl (C=O) groups is 1. The number of morpholine rings is 1. The number of hydrogen-bond donors (Lipinski definition) is 0. The minimum atomic E-state index is -0.449. The second-order valence-electron chi connectivity index (χ2n) is 8.40. The summed E-state index contributed by atoms with van der Waals surface area (Å²) in [4.78, 5) is 29.2. The molecule has 1 aliphatic rings. The molecule has 36 heavy (non-hydrogen) atoms. The number of imidazole rings is 1. The molecule has 9 heteroatoms. The molecule has 0 amide bonds. The summed E-state index contributed by atoms with van der Waals surface area (Å²) in [6.45, 7) is 2.69. The molecular weight excluding hydrogens is 478 g/mol. The van der Waals surface area contributed by atoms with Gasteiger partial charge in [0.15, 0.2) is 5.82 Å². The van der Waals surface area contributed by atoms with E-state index in [4.69, 9.17) is 26.1 Å². The van der Waals surface area contributed by atoms with Crippen LogP contribution in [0.4, 0.5) is 5.69 Å². The summed E-state index contributed by atoms with van der Waals surface area (Å²) in [6.07, 6.45) is 3.45. The van der Waals surface area contributed by atoms with Crippen LogP contribution in [-0.4, -0.2) is 58.9 Å². The Hall–Kier alpha value is -4.01. The van der Waals surface area contributed by atoms with Gasteiger partial charge in [0.25, 0.3) is 0 Å². The molecule has 3 aromatic heterocycles. The molecule has 5 aromatic rings. The van der Waals surface area contributed by atoms with Crippen molar-refractivity contribution < 1.29 is 14.3 Å². The van der Waals surface area contributed by atoms with Crippen LogP contribution in [0, 0.1) is 0 Å². The Bertz CT molecular complexity index is 1600. The number of aromatic nitrogens is 4. The molecule has 1 aliphatic heterocycles. The van der Waals surface area contributed by atoms with E-state index in [2.05, 4.69) is 20.9 Å². The van der Waals surface area contributed by atoms with Gasteiger partial charge in [-0.15, -0.1) is 0 Å². The smallest absolute Gasteiger partial charge is 0.340 e. The number of pyridine rings is 2. The fourth-order valence-corrected chi connectivity index (χ4v) is 4.89. The topological polar surface area (TPSA) is 82.4 Å². The van der Waals surface area contributed by atoms with Crippen LogP contribution >= 0.6 is 11.6 Å². The molecule has 6 rings (SSSR count). The third-order valence-electron chi connectivity index (χ3n) is 6.36. The molecule has 180 valence electrons. The molecule has 0 saturated carbocycles. The number of carbonyl (C=O) groups excluding carboxylic acids is 1. The first-order chi connectivity index (χ1) is 17.7. The summed E-state index contributed by atoms with van der Waals surface area (Å²) in [5.41, 5.74) is 4.77. The molecule has 0 bridgehead atoms. The molecule has 8 nitrogen and oxygen atoms in total. The molecular formula is C27H22ClN5O3. The third kappa shape index (κ3) is 3.75. The van der Waals surface area contributed by atoms with Gasteiger partial charge in [0, 0.05) is 36.6 Å². The van der Waals surface area contributed by atoms with Crippen molar-refractivity contribution >= 4 is 45.2 Å². The molecule has 2 aromatic carbocycles. The van der Waals surface area contributed by atoms with Crippen LogP contribution in [0.5, 0.6) is 0 Å². The molecule has 0 spiro atoms. The van der Waals surface area contributed by atoms with Crippen molar-refractivity contribution in [1.82, 2.24) is 19.5 Å². The quantitative estimate of drug-likeness (QED) is 0.325. The number of rotatable bonds is 4. The normalized spacial score (nSPS) is 13.9. The van der Waals surface area contributed by atoms with Gasteiger partial charge in [-0.25, -0.2) is 9.78 Å². The van der Waals surface area contributed by atoms with Gasteiger partial charge in [0.2, 0.25) is 0 Å². The Balaban J connectivity index is 1.72. The number of anilines is 1. The van der Waals surface area contributed by atoms with E-state index in [1.807, 2.05) is 53.1 Å². The molecule has 0 unspecified atom stereocenters. The summed E-state index contributed by atoms with van der Waals surface area (Å²) in [5.74, 6) is 0.150. The van der Waals surface area contributed by atoms with Gasteiger partial charge in [-0.05, 0) is 36.4 Å². The summed E-state index contributed by atoms with van der Waals surface area (Å²) in [7, 11) is 1.38. The van der Waals surface area contributed by atoms with E-state index in [1.54, 1.807) is 12.4 Å². The molecule has 1 saturated heterocycles. The zero-order valence-corrected chi connectivity index (χ0v) is 20.3. The first-order valence-corrected chi connectivity index (χ1v) is 12.0. The maximum absolute atomic E-state index is 13.0. The first kappa shape index (κ1) is 22.5. The number of halogens is 1. The highest BCUT2D eigenvalue weighted by Gasteiger charge is 2.25. The molecule has 1 fully saturated rings. The van der Waals surface area contributed by atoms with Crippen LogP contribution in [0.25, 0.3) is 39.1 Å². The van der Waals surface area contributed by atoms with Crippen molar-refractivity contribution in [3.8, 4) is 17.2 Å². The Morgan fingerprint density at radius 2 is 1.86 bits per heavy atom. The van der Waals surface area contributed by atoms with Gasteiger partial charge in [-0.2, -0.15) is 0 Å². The van der Waals surface area contributed by atoms with Gasteiger partial charge in [-0.3, -0.25) is 14.5 Å².